The summed E-state index contributed by atoms with van der Waals surface area (Å²) in [6.45, 7) is 5.69. The minimum atomic E-state index is 0.824. The second-order valence-electron chi connectivity index (χ2n) is 3.77. The molecule has 0 N–H and O–H groups in total. The minimum Gasteiger partial charge on any atom is -0.332 e. The maximum Gasteiger partial charge on any atom is 0.109 e. The fraction of sp³-hybridized carbons (Fsp3) is 0.700. The van der Waals surface area contributed by atoms with E-state index in [1.165, 1.54) is 30.9 Å². The van der Waals surface area contributed by atoms with Crippen molar-refractivity contribution in [2.75, 3.05) is 0 Å². The average Bonchev–Trinajstić information content (AvgIpc) is 2.46. The Morgan fingerprint density at radius 1 is 1.67 bits per heavy atom. The summed E-state index contributed by atoms with van der Waals surface area (Å²) < 4.78 is 2.39. The van der Waals surface area contributed by atoms with Crippen molar-refractivity contribution in [3.05, 3.63) is 17.7 Å². The van der Waals surface area contributed by atoms with Gasteiger partial charge in [-0.3, -0.25) is 0 Å². The lowest BCUT2D eigenvalue weighted by atomic mass is 10.0. The molecule has 0 radical (unpaired) electrons. The molecule has 12 heavy (non-hydrogen) atoms. The summed E-state index contributed by atoms with van der Waals surface area (Å²) in [6.07, 6.45) is 5.63. The van der Waals surface area contributed by atoms with E-state index in [1.54, 1.807) is 0 Å². The number of rotatable bonds is 1. The fourth-order valence-corrected chi connectivity index (χ4v) is 1.94. The molecule has 0 unspecified atom stereocenters. The smallest absolute Gasteiger partial charge is 0.109 e. The van der Waals surface area contributed by atoms with Gasteiger partial charge in [0.15, 0.2) is 0 Å². The molecule has 2 heterocycles. The lowest BCUT2D eigenvalue weighted by Crippen LogP contribution is -2.18. The van der Waals surface area contributed by atoms with Crippen LogP contribution in [0.15, 0.2) is 6.20 Å². The van der Waals surface area contributed by atoms with E-state index in [1.807, 2.05) is 6.20 Å². The molecule has 0 bridgehead atoms. The molecule has 66 valence electrons. The summed E-state index contributed by atoms with van der Waals surface area (Å²) in [6, 6.07) is 0. The summed E-state index contributed by atoms with van der Waals surface area (Å²) in [5.74, 6) is 2.12. The molecule has 0 saturated heterocycles. The van der Waals surface area contributed by atoms with Crippen LogP contribution in [0.4, 0.5) is 0 Å². The average molecular weight is 164 g/mol. The Labute approximate surface area is 73.6 Å². The van der Waals surface area contributed by atoms with Crippen molar-refractivity contribution in [3.8, 4) is 0 Å². The van der Waals surface area contributed by atoms with Crippen LogP contribution in [-0.4, -0.2) is 9.55 Å². The minimum absolute atomic E-state index is 0.824. The third kappa shape index (κ3) is 1.15. The van der Waals surface area contributed by atoms with Crippen molar-refractivity contribution < 1.29 is 0 Å². The van der Waals surface area contributed by atoms with Gasteiger partial charge < -0.3 is 4.57 Å². The third-order valence-corrected chi connectivity index (χ3v) is 2.76. The highest BCUT2D eigenvalue weighted by Crippen LogP contribution is 2.20. The molecule has 2 nitrogen and oxygen atoms in total. The number of hydrogen-bond donors (Lipinski definition) is 0. The maximum absolute atomic E-state index is 4.44. The van der Waals surface area contributed by atoms with E-state index in [2.05, 4.69) is 23.4 Å². The predicted octanol–water partition coefficient (Wildman–Crippen LogP) is 2.03. The van der Waals surface area contributed by atoms with Crippen molar-refractivity contribution in [1.82, 2.24) is 9.55 Å². The molecule has 1 atom stereocenters. The molecule has 2 rings (SSSR count). The summed E-state index contributed by atoms with van der Waals surface area (Å²) >= 11 is 0. The summed E-state index contributed by atoms with van der Waals surface area (Å²) in [4.78, 5) is 4.44. The van der Waals surface area contributed by atoms with Gasteiger partial charge in [0.25, 0.3) is 0 Å². The molecule has 2 heteroatoms. The van der Waals surface area contributed by atoms with Gasteiger partial charge in [-0.15, -0.1) is 0 Å². The molecular weight excluding hydrogens is 148 g/mol. The monoisotopic (exact) mass is 164 g/mol. The molecule has 1 aliphatic rings. The Morgan fingerprint density at radius 3 is 3.25 bits per heavy atom. The first-order valence-corrected chi connectivity index (χ1v) is 4.84. The number of nitrogens with zero attached hydrogens (tertiary/aromatic N) is 2. The van der Waals surface area contributed by atoms with E-state index >= 15 is 0 Å². The van der Waals surface area contributed by atoms with Gasteiger partial charge in [-0.05, 0) is 18.8 Å². The van der Waals surface area contributed by atoms with E-state index in [0.717, 1.165) is 12.3 Å². The van der Waals surface area contributed by atoms with Crippen LogP contribution in [0.5, 0.6) is 0 Å². The normalized spacial score (nSPS) is 22.3. The Hall–Kier alpha value is -0.790. The van der Waals surface area contributed by atoms with Crippen LogP contribution in [-0.2, 0) is 19.4 Å². The molecule has 1 aromatic rings. The quantitative estimate of drug-likeness (QED) is 0.621. The van der Waals surface area contributed by atoms with Gasteiger partial charge in [-0.2, -0.15) is 0 Å². The first kappa shape index (κ1) is 7.84. The predicted molar refractivity (Wildman–Crippen MR) is 49.1 cm³/mol. The molecule has 0 saturated carbocycles. The van der Waals surface area contributed by atoms with Crippen LogP contribution >= 0.6 is 0 Å². The topological polar surface area (TPSA) is 17.8 Å². The number of aryl methyl sites for hydroxylation is 1. The highest BCUT2D eigenvalue weighted by atomic mass is 15.1. The molecular formula is C10H16N2. The van der Waals surface area contributed by atoms with E-state index in [0.29, 0.717) is 0 Å². The van der Waals surface area contributed by atoms with Gasteiger partial charge in [0, 0.05) is 24.9 Å². The van der Waals surface area contributed by atoms with Gasteiger partial charge in [-0.25, -0.2) is 4.98 Å². The van der Waals surface area contributed by atoms with E-state index in [-0.39, 0.29) is 0 Å². The van der Waals surface area contributed by atoms with Gasteiger partial charge in [0.05, 0.1) is 0 Å². The number of aromatic nitrogens is 2. The van der Waals surface area contributed by atoms with Crippen LogP contribution < -0.4 is 0 Å². The molecule has 1 aliphatic heterocycles. The van der Waals surface area contributed by atoms with Crippen molar-refractivity contribution in [1.29, 1.82) is 0 Å². The number of hydrogen-bond acceptors (Lipinski definition) is 1. The number of imidazole rings is 1. The lowest BCUT2D eigenvalue weighted by molar-refractivity contribution is 0.403. The number of fused-ring (bicyclic) bond motifs is 1. The first-order chi connectivity index (χ1) is 5.81. The highest BCUT2D eigenvalue weighted by molar-refractivity contribution is 5.07. The SMILES string of the molecule is CCc1cnc2n1CC[C@H](C)C2. The zero-order valence-electron chi connectivity index (χ0n) is 7.88. The van der Waals surface area contributed by atoms with Gasteiger partial charge in [0.2, 0.25) is 0 Å². The van der Waals surface area contributed by atoms with Crippen LogP contribution in [0.25, 0.3) is 0 Å². The molecule has 1 aromatic heterocycles. The van der Waals surface area contributed by atoms with E-state index < -0.39 is 0 Å². The van der Waals surface area contributed by atoms with Crippen molar-refractivity contribution in [2.45, 2.75) is 39.7 Å². The van der Waals surface area contributed by atoms with Crippen LogP contribution in [0.2, 0.25) is 0 Å². The molecule has 0 aromatic carbocycles. The Kier molecular flexibility index (Phi) is 1.91. The van der Waals surface area contributed by atoms with E-state index in [9.17, 15) is 0 Å². The largest absolute Gasteiger partial charge is 0.332 e. The van der Waals surface area contributed by atoms with Gasteiger partial charge >= 0.3 is 0 Å². The summed E-state index contributed by atoms with van der Waals surface area (Å²) in [5.41, 5.74) is 1.40. The molecule has 0 fully saturated rings. The Bertz CT molecular complexity index is 275. The zero-order chi connectivity index (χ0) is 8.55. The van der Waals surface area contributed by atoms with Gasteiger partial charge in [0.1, 0.15) is 5.82 Å². The van der Waals surface area contributed by atoms with E-state index in [4.69, 9.17) is 0 Å². The van der Waals surface area contributed by atoms with Crippen molar-refractivity contribution in [2.24, 2.45) is 5.92 Å². The second-order valence-corrected chi connectivity index (χ2v) is 3.77. The maximum atomic E-state index is 4.44. The highest BCUT2D eigenvalue weighted by Gasteiger charge is 2.17. The van der Waals surface area contributed by atoms with Crippen LogP contribution in [0, 0.1) is 5.92 Å². The summed E-state index contributed by atoms with van der Waals surface area (Å²) in [7, 11) is 0. The van der Waals surface area contributed by atoms with Crippen molar-refractivity contribution >= 4 is 0 Å². The van der Waals surface area contributed by atoms with Gasteiger partial charge in [-0.1, -0.05) is 13.8 Å². The Morgan fingerprint density at radius 2 is 2.50 bits per heavy atom. The summed E-state index contributed by atoms with van der Waals surface area (Å²) in [5, 5.41) is 0. The molecule has 0 amide bonds. The van der Waals surface area contributed by atoms with Crippen LogP contribution in [0.1, 0.15) is 31.8 Å². The molecule has 0 spiro atoms. The Balaban J connectivity index is 2.32. The standard InChI is InChI=1S/C10H16N2/c1-3-9-7-11-10-6-8(2)4-5-12(9)10/h7-8H,3-6H2,1-2H3/t8-/m0/s1. The zero-order valence-corrected chi connectivity index (χ0v) is 7.88. The fourth-order valence-electron chi connectivity index (χ4n) is 1.94. The molecule has 0 aliphatic carbocycles. The van der Waals surface area contributed by atoms with Crippen LogP contribution in [0.3, 0.4) is 0 Å². The lowest BCUT2D eigenvalue weighted by Gasteiger charge is -2.21. The first-order valence-electron chi connectivity index (χ1n) is 4.84. The second kappa shape index (κ2) is 2.92. The van der Waals surface area contributed by atoms with Crippen molar-refractivity contribution in [3.63, 3.8) is 0 Å². The third-order valence-electron chi connectivity index (χ3n) is 2.76.